The van der Waals surface area contributed by atoms with Crippen molar-refractivity contribution in [2.24, 2.45) is 0 Å². The molecular formula is C33H34ClN3O4S2. The van der Waals surface area contributed by atoms with E-state index in [0.717, 1.165) is 25.9 Å². The Hall–Kier alpha value is -3.79. The number of aryl methyl sites for hydroxylation is 1. The molecule has 1 N–H and O–H groups in total. The van der Waals surface area contributed by atoms with Crippen molar-refractivity contribution in [3.63, 3.8) is 0 Å². The van der Waals surface area contributed by atoms with Gasteiger partial charge in [-0.25, -0.2) is 8.42 Å². The number of hydrogen-bond donors (Lipinski definition) is 1. The molecule has 4 rings (SSSR count). The molecule has 0 saturated heterocycles. The van der Waals surface area contributed by atoms with Crippen molar-refractivity contribution in [3.8, 4) is 0 Å². The molecule has 0 radical (unpaired) electrons. The minimum atomic E-state index is -4.15. The van der Waals surface area contributed by atoms with Crippen LogP contribution in [0.3, 0.4) is 0 Å². The van der Waals surface area contributed by atoms with Gasteiger partial charge in [-0.15, -0.1) is 11.8 Å². The lowest BCUT2D eigenvalue weighted by Gasteiger charge is -2.33. The second-order valence-electron chi connectivity index (χ2n) is 9.99. The maximum absolute atomic E-state index is 14.3. The van der Waals surface area contributed by atoms with Gasteiger partial charge in [-0.05, 0) is 72.8 Å². The largest absolute Gasteiger partial charge is 0.357 e. The Balaban J connectivity index is 1.77. The van der Waals surface area contributed by atoms with Crippen LogP contribution in [0.5, 0.6) is 0 Å². The first kappa shape index (κ1) is 32.1. The average Bonchev–Trinajstić information content (AvgIpc) is 3.03. The molecule has 0 aromatic heterocycles. The average molecular weight is 636 g/mol. The third-order valence-corrected chi connectivity index (χ3v) is 9.82. The van der Waals surface area contributed by atoms with Gasteiger partial charge in [-0.1, -0.05) is 71.8 Å². The highest BCUT2D eigenvalue weighted by molar-refractivity contribution is 7.98. The minimum Gasteiger partial charge on any atom is -0.357 e. The Bertz CT molecular complexity index is 1630. The lowest BCUT2D eigenvalue weighted by atomic mass is 10.0. The van der Waals surface area contributed by atoms with E-state index in [1.807, 2.05) is 43.5 Å². The number of carbonyl (C=O) groups is 2. The van der Waals surface area contributed by atoms with Crippen LogP contribution in [0.1, 0.15) is 16.7 Å². The number of hydrogen-bond acceptors (Lipinski definition) is 5. The van der Waals surface area contributed by atoms with Gasteiger partial charge in [0, 0.05) is 29.9 Å². The second-order valence-corrected chi connectivity index (χ2v) is 13.2. The van der Waals surface area contributed by atoms with Crippen molar-refractivity contribution in [1.82, 2.24) is 10.2 Å². The van der Waals surface area contributed by atoms with E-state index in [1.54, 1.807) is 72.8 Å². The van der Waals surface area contributed by atoms with Gasteiger partial charge in [0.05, 0.1) is 10.6 Å². The van der Waals surface area contributed by atoms with Crippen molar-refractivity contribution in [3.05, 3.63) is 125 Å². The lowest BCUT2D eigenvalue weighted by Crippen LogP contribution is -2.53. The maximum atomic E-state index is 14.3. The van der Waals surface area contributed by atoms with Crippen LogP contribution in [-0.4, -0.2) is 51.0 Å². The van der Waals surface area contributed by atoms with Gasteiger partial charge >= 0.3 is 0 Å². The van der Waals surface area contributed by atoms with Gasteiger partial charge in [0.2, 0.25) is 11.8 Å². The summed E-state index contributed by atoms with van der Waals surface area (Å²) in [7, 11) is -2.63. The van der Waals surface area contributed by atoms with Gasteiger partial charge in [-0.2, -0.15) is 0 Å². The van der Waals surface area contributed by atoms with Gasteiger partial charge in [-0.3, -0.25) is 13.9 Å². The fourth-order valence-corrected chi connectivity index (χ4v) is 6.57. The summed E-state index contributed by atoms with van der Waals surface area (Å²) in [6.45, 7) is 1.47. The molecule has 0 fully saturated rings. The number of anilines is 1. The van der Waals surface area contributed by atoms with E-state index in [-0.39, 0.29) is 23.8 Å². The number of halogens is 1. The molecule has 4 aromatic carbocycles. The van der Waals surface area contributed by atoms with E-state index in [4.69, 9.17) is 11.6 Å². The molecule has 7 nitrogen and oxygen atoms in total. The molecule has 0 saturated carbocycles. The van der Waals surface area contributed by atoms with E-state index in [0.29, 0.717) is 10.7 Å². The lowest BCUT2D eigenvalue weighted by molar-refractivity contribution is -0.139. The van der Waals surface area contributed by atoms with E-state index in [1.165, 1.54) is 23.7 Å². The van der Waals surface area contributed by atoms with Crippen molar-refractivity contribution in [1.29, 1.82) is 0 Å². The quantitative estimate of drug-likeness (QED) is 0.194. The Morgan fingerprint density at radius 3 is 2.07 bits per heavy atom. The zero-order valence-corrected chi connectivity index (χ0v) is 26.6. The highest BCUT2D eigenvalue weighted by Gasteiger charge is 2.34. The summed E-state index contributed by atoms with van der Waals surface area (Å²) in [6, 6.07) is 29.0. The number of amides is 2. The Morgan fingerprint density at radius 2 is 1.49 bits per heavy atom. The van der Waals surface area contributed by atoms with Gasteiger partial charge in [0.25, 0.3) is 10.0 Å². The molecule has 0 spiro atoms. The molecule has 0 aliphatic carbocycles. The van der Waals surface area contributed by atoms with Crippen LogP contribution in [0.4, 0.5) is 5.69 Å². The predicted molar refractivity (Wildman–Crippen MR) is 174 cm³/mol. The second kappa shape index (κ2) is 14.6. The van der Waals surface area contributed by atoms with E-state index in [2.05, 4.69) is 5.32 Å². The monoisotopic (exact) mass is 635 g/mol. The number of likely N-dealkylation sites (N-methyl/N-ethyl adjacent to an activating group) is 1. The first-order valence-corrected chi connectivity index (χ1v) is 16.7. The van der Waals surface area contributed by atoms with Gasteiger partial charge in [0.1, 0.15) is 12.6 Å². The molecular weight excluding hydrogens is 602 g/mol. The van der Waals surface area contributed by atoms with Crippen molar-refractivity contribution >= 4 is 50.9 Å². The smallest absolute Gasteiger partial charge is 0.264 e. The topological polar surface area (TPSA) is 86.8 Å². The van der Waals surface area contributed by atoms with Crippen LogP contribution in [0.2, 0.25) is 5.02 Å². The van der Waals surface area contributed by atoms with Crippen molar-refractivity contribution < 1.29 is 18.0 Å². The van der Waals surface area contributed by atoms with Crippen LogP contribution >= 0.6 is 23.4 Å². The predicted octanol–water partition coefficient (Wildman–Crippen LogP) is 5.95. The molecule has 0 heterocycles. The number of benzene rings is 4. The van der Waals surface area contributed by atoms with Crippen molar-refractivity contribution in [2.75, 3.05) is 24.2 Å². The van der Waals surface area contributed by atoms with Crippen LogP contribution in [0, 0.1) is 6.92 Å². The van der Waals surface area contributed by atoms with E-state index < -0.39 is 28.5 Å². The van der Waals surface area contributed by atoms with Gasteiger partial charge in [0.15, 0.2) is 0 Å². The minimum absolute atomic E-state index is 0.0649. The van der Waals surface area contributed by atoms with Crippen molar-refractivity contribution in [2.45, 2.75) is 35.7 Å². The molecule has 0 aliphatic heterocycles. The Kier molecular flexibility index (Phi) is 10.9. The standard InChI is InChI=1S/C33H34ClN3O4S2/c1-24-9-15-28(16-10-24)37(43(40,41)30-19-17-29(42-3)18-20-30)23-32(38)36(22-26-11-13-27(34)14-12-26)31(33(39)35-2)21-25-7-5-4-6-8-25/h4-20,31H,21-23H2,1-3H3,(H,35,39). The first-order chi connectivity index (χ1) is 20.6. The SMILES string of the molecule is CNC(=O)C(Cc1ccccc1)N(Cc1ccc(Cl)cc1)C(=O)CN(c1ccc(C)cc1)S(=O)(=O)c1ccc(SC)cc1. The van der Waals surface area contributed by atoms with Crippen LogP contribution in [-0.2, 0) is 32.6 Å². The summed E-state index contributed by atoms with van der Waals surface area (Å²) in [6.07, 6.45) is 2.15. The Morgan fingerprint density at radius 1 is 0.860 bits per heavy atom. The number of rotatable bonds is 12. The molecule has 0 bridgehead atoms. The van der Waals surface area contributed by atoms with Gasteiger partial charge < -0.3 is 10.2 Å². The highest BCUT2D eigenvalue weighted by atomic mass is 35.5. The van der Waals surface area contributed by atoms with Crippen LogP contribution < -0.4 is 9.62 Å². The zero-order valence-electron chi connectivity index (χ0n) is 24.2. The molecule has 1 unspecified atom stereocenters. The third kappa shape index (κ3) is 8.19. The molecule has 10 heteroatoms. The summed E-state index contributed by atoms with van der Waals surface area (Å²) in [5, 5.41) is 3.23. The normalized spacial score (nSPS) is 11.9. The molecule has 1 atom stereocenters. The number of carbonyl (C=O) groups excluding carboxylic acids is 2. The number of nitrogens with one attached hydrogen (secondary N) is 1. The molecule has 2 amide bonds. The summed E-state index contributed by atoms with van der Waals surface area (Å²) >= 11 is 7.61. The zero-order chi connectivity index (χ0) is 31.0. The fourth-order valence-electron chi connectivity index (χ4n) is 4.62. The third-order valence-electron chi connectivity index (χ3n) is 7.03. The summed E-state index contributed by atoms with van der Waals surface area (Å²) in [4.78, 5) is 30.1. The Labute approximate surface area is 262 Å². The highest BCUT2D eigenvalue weighted by Crippen LogP contribution is 2.27. The summed E-state index contributed by atoms with van der Waals surface area (Å²) in [5.41, 5.74) is 2.90. The molecule has 224 valence electrons. The van der Waals surface area contributed by atoms with E-state index in [9.17, 15) is 18.0 Å². The number of sulfonamides is 1. The van der Waals surface area contributed by atoms with Crippen LogP contribution in [0.15, 0.2) is 113 Å². The maximum Gasteiger partial charge on any atom is 0.264 e. The van der Waals surface area contributed by atoms with E-state index >= 15 is 0 Å². The molecule has 0 aliphatic rings. The first-order valence-electron chi connectivity index (χ1n) is 13.6. The number of thioether (sulfide) groups is 1. The fraction of sp³-hybridized carbons (Fsp3) is 0.212. The summed E-state index contributed by atoms with van der Waals surface area (Å²) < 4.78 is 29.3. The molecule has 43 heavy (non-hydrogen) atoms. The van der Waals surface area contributed by atoms with Crippen LogP contribution in [0.25, 0.3) is 0 Å². The molecule has 4 aromatic rings. The summed E-state index contributed by atoms with van der Waals surface area (Å²) in [5.74, 6) is -0.882. The number of nitrogens with zero attached hydrogens (tertiary/aromatic N) is 2.